The Bertz CT molecular complexity index is 1160. The van der Waals surface area contributed by atoms with Crippen molar-refractivity contribution in [1.29, 1.82) is 0 Å². The first kappa shape index (κ1) is 24.5. The molecule has 2 aliphatic carbocycles. The van der Waals surface area contributed by atoms with E-state index < -0.39 is 0 Å². The summed E-state index contributed by atoms with van der Waals surface area (Å²) < 4.78 is 7.73. The summed E-state index contributed by atoms with van der Waals surface area (Å²) in [5.41, 5.74) is 4.39. The number of carbonyl (C=O) groups excluding carboxylic acids is 1. The number of hydrogen-bond donors (Lipinski definition) is 2. The van der Waals surface area contributed by atoms with E-state index in [-0.39, 0.29) is 29.7 Å². The lowest BCUT2D eigenvalue weighted by Gasteiger charge is -2.42. The van der Waals surface area contributed by atoms with Crippen LogP contribution in [0.3, 0.4) is 0 Å². The molecule has 2 N–H and O–H groups in total. The molecule has 3 aliphatic rings. The van der Waals surface area contributed by atoms with Gasteiger partial charge in [0.05, 0.1) is 48.4 Å². The van der Waals surface area contributed by atoms with Crippen molar-refractivity contribution in [1.82, 2.24) is 30.0 Å². The molecule has 0 spiro atoms. The molecule has 2 amide bonds. The van der Waals surface area contributed by atoms with E-state index in [2.05, 4.69) is 53.6 Å². The Balaban J connectivity index is 1.22. The SMILES string of the molecule is Cn1cc(Nc2nccc([C@@H]3C=CC4=C(CCCCC4NC(=O)N4CC(OC(C)(C)C)C4)C3)n2)cn1. The fraction of sp³-hybridized carbons (Fsp3) is 0.556. The van der Waals surface area contributed by atoms with Crippen molar-refractivity contribution in [2.75, 3.05) is 18.4 Å². The van der Waals surface area contributed by atoms with Crippen LogP contribution < -0.4 is 10.6 Å². The molecule has 0 radical (unpaired) electrons. The second-order valence-electron chi connectivity index (χ2n) is 11.1. The van der Waals surface area contributed by atoms with Crippen molar-refractivity contribution < 1.29 is 9.53 Å². The zero-order valence-corrected chi connectivity index (χ0v) is 21.7. The molecule has 9 nitrogen and oxygen atoms in total. The Labute approximate surface area is 213 Å². The zero-order chi connectivity index (χ0) is 25.3. The van der Waals surface area contributed by atoms with Crippen molar-refractivity contribution in [3.05, 3.63) is 53.6 Å². The van der Waals surface area contributed by atoms with Gasteiger partial charge in [-0.15, -0.1) is 0 Å². The van der Waals surface area contributed by atoms with Gasteiger partial charge >= 0.3 is 6.03 Å². The first-order chi connectivity index (χ1) is 17.2. The van der Waals surface area contributed by atoms with Crippen LogP contribution in [0.1, 0.15) is 64.5 Å². The molecule has 192 valence electrons. The molecule has 2 atom stereocenters. The third-order valence-corrected chi connectivity index (χ3v) is 6.95. The molecular formula is C27H37N7O2. The predicted octanol–water partition coefficient (Wildman–Crippen LogP) is 4.45. The molecule has 1 unspecified atom stereocenters. The van der Waals surface area contributed by atoms with Gasteiger partial charge in [0.15, 0.2) is 0 Å². The van der Waals surface area contributed by atoms with E-state index in [4.69, 9.17) is 9.72 Å². The molecule has 9 heteroatoms. The molecule has 1 fully saturated rings. The number of allylic oxidation sites excluding steroid dienone is 2. The number of nitrogens with one attached hydrogen (secondary N) is 2. The fourth-order valence-corrected chi connectivity index (χ4v) is 5.27. The minimum atomic E-state index is -0.184. The number of nitrogens with zero attached hydrogens (tertiary/aromatic N) is 5. The molecule has 0 aromatic carbocycles. The smallest absolute Gasteiger partial charge is 0.318 e. The number of rotatable bonds is 5. The van der Waals surface area contributed by atoms with Gasteiger partial charge in [-0.3, -0.25) is 4.68 Å². The molecule has 1 aliphatic heterocycles. The van der Waals surface area contributed by atoms with Gasteiger partial charge in [-0.05, 0) is 58.1 Å². The molecule has 0 bridgehead atoms. The second kappa shape index (κ2) is 10.0. The van der Waals surface area contributed by atoms with Gasteiger partial charge in [-0.2, -0.15) is 5.10 Å². The van der Waals surface area contributed by atoms with Crippen molar-refractivity contribution in [2.45, 2.75) is 76.5 Å². The standard InChI is InChI=1S/C27H37N7O2/c1-27(2,3)36-21-16-34(17-21)26(35)32-24-8-6-5-7-18-13-19(9-10-22(18)24)23-11-12-28-25(31-23)30-20-14-29-33(4)15-20/h9-12,14-15,19,21,24H,5-8,13,16-17H2,1-4H3,(H,32,35)(H,28,30,31)/t19-,24?/m1/s1. The molecule has 3 heterocycles. The Hall–Kier alpha value is -3.20. The normalized spacial score (nSPS) is 22.6. The molecular weight excluding hydrogens is 454 g/mol. The van der Waals surface area contributed by atoms with Gasteiger partial charge in [0.1, 0.15) is 0 Å². The Morgan fingerprint density at radius 3 is 2.81 bits per heavy atom. The van der Waals surface area contributed by atoms with E-state index in [0.29, 0.717) is 19.0 Å². The Kier molecular flexibility index (Phi) is 6.83. The van der Waals surface area contributed by atoms with E-state index in [1.54, 1.807) is 17.1 Å². The Morgan fingerprint density at radius 1 is 1.22 bits per heavy atom. The van der Waals surface area contributed by atoms with Crippen LogP contribution in [0.25, 0.3) is 0 Å². The lowest BCUT2D eigenvalue weighted by molar-refractivity contribution is -0.111. The van der Waals surface area contributed by atoms with Gasteiger partial charge in [0, 0.05) is 25.4 Å². The molecule has 0 saturated carbocycles. The van der Waals surface area contributed by atoms with Gasteiger partial charge in [0.2, 0.25) is 5.95 Å². The fourth-order valence-electron chi connectivity index (χ4n) is 5.27. The first-order valence-corrected chi connectivity index (χ1v) is 13.0. The van der Waals surface area contributed by atoms with Crippen LogP contribution in [0.2, 0.25) is 0 Å². The molecule has 1 saturated heterocycles. The molecule has 5 rings (SSSR count). The van der Waals surface area contributed by atoms with Gasteiger partial charge in [-0.1, -0.05) is 24.1 Å². The largest absolute Gasteiger partial charge is 0.369 e. The van der Waals surface area contributed by atoms with Crippen molar-refractivity contribution >= 4 is 17.7 Å². The van der Waals surface area contributed by atoms with E-state index in [0.717, 1.165) is 43.5 Å². The summed E-state index contributed by atoms with van der Waals surface area (Å²) in [6.45, 7) is 7.47. The minimum Gasteiger partial charge on any atom is -0.369 e. The highest BCUT2D eigenvalue weighted by Gasteiger charge is 2.35. The highest BCUT2D eigenvalue weighted by molar-refractivity contribution is 5.76. The number of amides is 2. The summed E-state index contributed by atoms with van der Waals surface area (Å²) in [5.74, 6) is 0.768. The second-order valence-corrected chi connectivity index (χ2v) is 11.1. The number of carbonyl (C=O) groups is 1. The quantitative estimate of drug-likeness (QED) is 0.642. The predicted molar refractivity (Wildman–Crippen MR) is 139 cm³/mol. The first-order valence-electron chi connectivity index (χ1n) is 13.0. The van der Waals surface area contributed by atoms with Crippen molar-refractivity contribution in [3.63, 3.8) is 0 Å². The van der Waals surface area contributed by atoms with E-state index in [9.17, 15) is 4.79 Å². The summed E-state index contributed by atoms with van der Waals surface area (Å²) in [6.07, 6.45) is 15.3. The van der Waals surface area contributed by atoms with E-state index >= 15 is 0 Å². The lowest BCUT2D eigenvalue weighted by atomic mass is 9.84. The van der Waals surface area contributed by atoms with Crippen LogP contribution >= 0.6 is 0 Å². The van der Waals surface area contributed by atoms with E-state index in [1.165, 1.54) is 11.1 Å². The Morgan fingerprint density at radius 2 is 2.06 bits per heavy atom. The summed E-state index contributed by atoms with van der Waals surface area (Å²) in [5, 5.41) is 10.7. The van der Waals surface area contributed by atoms with Gasteiger partial charge < -0.3 is 20.3 Å². The number of aryl methyl sites for hydroxylation is 1. The number of anilines is 2. The molecule has 36 heavy (non-hydrogen) atoms. The third-order valence-electron chi connectivity index (χ3n) is 6.95. The highest BCUT2D eigenvalue weighted by Crippen LogP contribution is 2.37. The molecule has 2 aromatic heterocycles. The van der Waals surface area contributed by atoms with Crippen LogP contribution in [0.5, 0.6) is 0 Å². The number of hydrogen-bond acceptors (Lipinski definition) is 6. The maximum absolute atomic E-state index is 12.9. The number of ether oxygens (including phenoxy) is 1. The highest BCUT2D eigenvalue weighted by atomic mass is 16.5. The lowest BCUT2D eigenvalue weighted by Crippen LogP contribution is -2.60. The van der Waals surface area contributed by atoms with Gasteiger partial charge in [0.25, 0.3) is 0 Å². The summed E-state index contributed by atoms with van der Waals surface area (Å²) >= 11 is 0. The number of likely N-dealkylation sites (tertiary alicyclic amines) is 1. The summed E-state index contributed by atoms with van der Waals surface area (Å²) in [6, 6.07) is 2.06. The van der Waals surface area contributed by atoms with E-state index in [1.807, 2.05) is 24.2 Å². The number of aromatic nitrogens is 4. The third kappa shape index (κ3) is 5.78. The van der Waals surface area contributed by atoms with Crippen LogP contribution in [0, 0.1) is 0 Å². The zero-order valence-electron chi connectivity index (χ0n) is 21.7. The van der Waals surface area contributed by atoms with Gasteiger partial charge in [-0.25, -0.2) is 14.8 Å². The van der Waals surface area contributed by atoms with Crippen molar-refractivity contribution in [3.8, 4) is 0 Å². The summed E-state index contributed by atoms with van der Waals surface area (Å²) in [7, 11) is 1.88. The average Bonchev–Trinajstić information content (AvgIpc) is 3.10. The maximum atomic E-state index is 12.9. The summed E-state index contributed by atoms with van der Waals surface area (Å²) in [4.78, 5) is 24.0. The molecule has 2 aromatic rings. The minimum absolute atomic E-state index is 0.0138. The monoisotopic (exact) mass is 491 g/mol. The van der Waals surface area contributed by atoms with Crippen molar-refractivity contribution in [2.24, 2.45) is 7.05 Å². The average molecular weight is 492 g/mol. The maximum Gasteiger partial charge on any atom is 0.318 e. The number of urea groups is 1. The van der Waals surface area contributed by atoms with Crippen LogP contribution in [-0.4, -0.2) is 61.5 Å². The topological polar surface area (TPSA) is 97.2 Å². The van der Waals surface area contributed by atoms with Crippen LogP contribution in [-0.2, 0) is 11.8 Å². The van der Waals surface area contributed by atoms with Crippen LogP contribution in [0.4, 0.5) is 16.4 Å². The van der Waals surface area contributed by atoms with Crippen LogP contribution in [0.15, 0.2) is 48.0 Å².